The Hall–Kier alpha value is -2.30. The number of aromatic nitrogens is 3. The van der Waals surface area contributed by atoms with Gasteiger partial charge in [-0.25, -0.2) is 22.5 Å². The zero-order valence-electron chi connectivity index (χ0n) is 18.2. The van der Waals surface area contributed by atoms with Gasteiger partial charge in [0, 0.05) is 46.8 Å². The third-order valence-corrected chi connectivity index (χ3v) is 9.35. The molecule has 1 fully saturated rings. The highest BCUT2D eigenvalue weighted by molar-refractivity contribution is 7.89. The van der Waals surface area contributed by atoms with Crippen molar-refractivity contribution in [3.8, 4) is 0 Å². The number of benzene rings is 1. The molecule has 1 aliphatic heterocycles. The van der Waals surface area contributed by atoms with Crippen LogP contribution in [0.4, 0.5) is 15.9 Å². The molecule has 0 bridgehead atoms. The number of H-pyrrole nitrogens is 1. The van der Waals surface area contributed by atoms with Gasteiger partial charge in [0.15, 0.2) is 11.6 Å². The van der Waals surface area contributed by atoms with Crippen LogP contribution in [0.25, 0.3) is 0 Å². The number of halogens is 1. The van der Waals surface area contributed by atoms with Gasteiger partial charge in [0.2, 0.25) is 10.0 Å². The fourth-order valence-corrected chi connectivity index (χ4v) is 6.77. The molecule has 3 heterocycles. The molecular weight excluding hydrogens is 449 g/mol. The van der Waals surface area contributed by atoms with Crippen molar-refractivity contribution in [3.63, 3.8) is 0 Å². The first kappa shape index (κ1) is 21.5. The number of rotatable bonds is 4. The highest BCUT2D eigenvalue weighted by Crippen LogP contribution is 2.45. The Morgan fingerprint density at radius 1 is 1.22 bits per heavy atom. The van der Waals surface area contributed by atoms with E-state index in [0.29, 0.717) is 17.7 Å². The van der Waals surface area contributed by atoms with Crippen LogP contribution in [0.3, 0.4) is 0 Å². The van der Waals surface area contributed by atoms with Crippen molar-refractivity contribution in [1.29, 1.82) is 0 Å². The van der Waals surface area contributed by atoms with Gasteiger partial charge in [-0.15, -0.1) is 11.3 Å². The number of sulfonamides is 1. The maximum Gasteiger partial charge on any atom is 0.241 e. The van der Waals surface area contributed by atoms with Crippen molar-refractivity contribution in [3.05, 3.63) is 51.4 Å². The Balaban J connectivity index is 1.29. The SMILES string of the molecule is CC(C)(C)c1cnc(C2CCC(c3cc(Nc4ccc5c(c4F)CNS5(=O)=O)n[nH]3)C2)s1. The second-order valence-corrected chi connectivity index (χ2v) is 12.4. The minimum absolute atomic E-state index is 0.00271. The second-order valence-electron chi connectivity index (χ2n) is 9.58. The summed E-state index contributed by atoms with van der Waals surface area (Å²) in [5.74, 6) is 0.744. The molecule has 1 aromatic carbocycles. The van der Waals surface area contributed by atoms with Gasteiger partial charge in [0.1, 0.15) is 0 Å². The summed E-state index contributed by atoms with van der Waals surface area (Å²) in [5.41, 5.74) is 1.50. The molecule has 32 heavy (non-hydrogen) atoms. The van der Waals surface area contributed by atoms with Crippen molar-refractivity contribution in [2.75, 3.05) is 5.32 Å². The summed E-state index contributed by atoms with van der Waals surface area (Å²) >= 11 is 1.81. The topological polar surface area (TPSA) is 99.8 Å². The highest BCUT2D eigenvalue weighted by atomic mass is 32.2. The first-order valence-corrected chi connectivity index (χ1v) is 13.0. The third kappa shape index (κ3) is 3.84. The molecule has 10 heteroatoms. The van der Waals surface area contributed by atoms with E-state index in [0.717, 1.165) is 25.0 Å². The van der Waals surface area contributed by atoms with Gasteiger partial charge < -0.3 is 5.32 Å². The average molecular weight is 476 g/mol. The number of anilines is 2. The van der Waals surface area contributed by atoms with Crippen molar-refractivity contribution >= 4 is 32.9 Å². The van der Waals surface area contributed by atoms with E-state index in [1.807, 2.05) is 23.6 Å². The minimum atomic E-state index is -3.60. The molecule has 2 aliphatic rings. The molecule has 3 N–H and O–H groups in total. The van der Waals surface area contributed by atoms with Gasteiger partial charge in [-0.3, -0.25) is 5.10 Å². The summed E-state index contributed by atoms with van der Waals surface area (Å²) in [6.07, 6.45) is 5.16. The Morgan fingerprint density at radius 3 is 2.75 bits per heavy atom. The zero-order chi connectivity index (χ0) is 22.7. The molecule has 3 aromatic rings. The van der Waals surface area contributed by atoms with Crippen LogP contribution >= 0.6 is 11.3 Å². The summed E-state index contributed by atoms with van der Waals surface area (Å²) in [4.78, 5) is 6.00. The van der Waals surface area contributed by atoms with E-state index in [4.69, 9.17) is 4.98 Å². The van der Waals surface area contributed by atoms with Crippen LogP contribution in [0.5, 0.6) is 0 Å². The lowest BCUT2D eigenvalue weighted by Crippen LogP contribution is -2.13. The Morgan fingerprint density at radius 2 is 2.00 bits per heavy atom. The van der Waals surface area contributed by atoms with Crippen molar-refractivity contribution in [2.45, 2.75) is 68.7 Å². The fraction of sp³-hybridized carbons (Fsp3) is 0.455. The highest BCUT2D eigenvalue weighted by Gasteiger charge is 2.32. The lowest BCUT2D eigenvalue weighted by molar-refractivity contribution is 0.589. The van der Waals surface area contributed by atoms with Gasteiger partial charge >= 0.3 is 0 Å². The van der Waals surface area contributed by atoms with Crippen molar-refractivity contribution < 1.29 is 12.8 Å². The quantitative estimate of drug-likeness (QED) is 0.499. The fourth-order valence-electron chi connectivity index (χ4n) is 4.42. The summed E-state index contributed by atoms with van der Waals surface area (Å²) < 4.78 is 40.9. The number of thiazole rings is 1. The maximum atomic E-state index is 14.8. The molecular formula is C22H26FN5O2S2. The van der Waals surface area contributed by atoms with Crippen LogP contribution in [0.15, 0.2) is 29.3 Å². The third-order valence-electron chi connectivity index (χ3n) is 6.27. The standard InChI is InChI=1S/C22H26FN5O2S2/c1-22(2,3)18-11-24-21(31-18)13-5-4-12(8-13)16-9-19(28-27-16)26-15-6-7-17-14(20(15)23)10-25-32(17,29)30/h6-7,9,11-13,25H,4-5,8,10H2,1-3H3,(H2,26,27,28). The minimum Gasteiger partial charge on any atom is -0.336 e. The molecule has 1 saturated carbocycles. The van der Waals surface area contributed by atoms with E-state index in [1.165, 1.54) is 22.0 Å². The smallest absolute Gasteiger partial charge is 0.241 e. The van der Waals surface area contributed by atoms with Crippen LogP contribution in [0, 0.1) is 5.82 Å². The van der Waals surface area contributed by atoms with Crippen LogP contribution in [-0.4, -0.2) is 23.6 Å². The molecule has 5 rings (SSSR count). The normalized spacial score (nSPS) is 22.2. The van der Waals surface area contributed by atoms with E-state index in [-0.39, 0.29) is 28.1 Å². The average Bonchev–Trinajstić information content (AvgIpc) is 3.49. The van der Waals surface area contributed by atoms with Gasteiger partial charge in [-0.2, -0.15) is 5.10 Å². The van der Waals surface area contributed by atoms with Crippen molar-refractivity contribution in [1.82, 2.24) is 19.9 Å². The van der Waals surface area contributed by atoms with E-state index in [2.05, 4.69) is 41.0 Å². The predicted molar refractivity (Wildman–Crippen MR) is 122 cm³/mol. The second kappa shape index (κ2) is 7.64. The number of hydrogen-bond acceptors (Lipinski definition) is 6. The largest absolute Gasteiger partial charge is 0.336 e. The van der Waals surface area contributed by atoms with Gasteiger partial charge in [0.05, 0.1) is 15.6 Å². The number of nitrogens with zero attached hydrogens (tertiary/aromatic N) is 2. The molecule has 170 valence electrons. The number of nitrogens with one attached hydrogen (secondary N) is 3. The predicted octanol–water partition coefficient (Wildman–Crippen LogP) is 4.89. The van der Waals surface area contributed by atoms with Gasteiger partial charge in [-0.05, 0) is 36.8 Å². The van der Waals surface area contributed by atoms with Gasteiger partial charge in [0.25, 0.3) is 0 Å². The molecule has 0 amide bonds. The summed E-state index contributed by atoms with van der Waals surface area (Å²) in [7, 11) is -3.60. The monoisotopic (exact) mass is 475 g/mol. The zero-order valence-corrected chi connectivity index (χ0v) is 19.8. The molecule has 0 spiro atoms. The molecule has 2 unspecified atom stereocenters. The molecule has 7 nitrogen and oxygen atoms in total. The lowest BCUT2D eigenvalue weighted by atomic mass is 9.96. The number of hydrogen-bond donors (Lipinski definition) is 3. The number of fused-ring (bicyclic) bond motifs is 1. The summed E-state index contributed by atoms with van der Waals surface area (Å²) in [6.45, 7) is 6.59. The van der Waals surface area contributed by atoms with E-state index >= 15 is 0 Å². The summed E-state index contributed by atoms with van der Waals surface area (Å²) in [5, 5.41) is 11.6. The van der Waals surface area contributed by atoms with E-state index < -0.39 is 15.8 Å². The molecule has 2 atom stereocenters. The lowest BCUT2D eigenvalue weighted by Gasteiger charge is -2.14. The Kier molecular flexibility index (Phi) is 5.14. The first-order valence-electron chi connectivity index (χ1n) is 10.7. The van der Waals surface area contributed by atoms with Crippen LogP contribution in [0.1, 0.15) is 73.0 Å². The Bertz CT molecular complexity index is 1280. The molecule has 1 aliphatic carbocycles. The van der Waals surface area contributed by atoms with Crippen LogP contribution in [-0.2, 0) is 22.0 Å². The van der Waals surface area contributed by atoms with Crippen LogP contribution in [0.2, 0.25) is 0 Å². The van der Waals surface area contributed by atoms with Gasteiger partial charge in [-0.1, -0.05) is 20.8 Å². The first-order chi connectivity index (χ1) is 15.1. The van der Waals surface area contributed by atoms with E-state index in [1.54, 1.807) is 0 Å². The Labute approximate surface area is 190 Å². The molecule has 0 saturated heterocycles. The number of aromatic amines is 1. The van der Waals surface area contributed by atoms with E-state index in [9.17, 15) is 12.8 Å². The molecule has 0 radical (unpaired) electrons. The van der Waals surface area contributed by atoms with Crippen molar-refractivity contribution in [2.24, 2.45) is 0 Å². The molecule has 2 aromatic heterocycles. The van der Waals surface area contributed by atoms with Crippen LogP contribution < -0.4 is 10.0 Å². The maximum absolute atomic E-state index is 14.8. The summed E-state index contributed by atoms with van der Waals surface area (Å²) in [6, 6.07) is 4.77.